The van der Waals surface area contributed by atoms with E-state index in [1.807, 2.05) is 0 Å². The minimum atomic E-state index is -0.449. The van der Waals surface area contributed by atoms with Crippen molar-refractivity contribution in [3.63, 3.8) is 0 Å². The average Bonchev–Trinajstić information content (AvgIpc) is 3.06. The summed E-state index contributed by atoms with van der Waals surface area (Å²) in [5.41, 5.74) is 1.87. The molecule has 0 aliphatic carbocycles. The smallest absolute Gasteiger partial charge is 0.270 e. The number of halogens is 3. The van der Waals surface area contributed by atoms with Crippen LogP contribution in [0.5, 0.6) is 11.5 Å². The van der Waals surface area contributed by atoms with Crippen LogP contribution in [0.4, 0.5) is 14.5 Å². The van der Waals surface area contributed by atoms with Gasteiger partial charge in [-0.3, -0.25) is 9.69 Å². The lowest BCUT2D eigenvalue weighted by molar-refractivity contribution is -0.113. The molecule has 0 unspecified atom stereocenters. The van der Waals surface area contributed by atoms with Crippen LogP contribution in [-0.2, 0) is 11.4 Å². The van der Waals surface area contributed by atoms with Gasteiger partial charge < -0.3 is 9.47 Å². The van der Waals surface area contributed by atoms with Crippen molar-refractivity contribution >= 4 is 61.9 Å². The summed E-state index contributed by atoms with van der Waals surface area (Å²) in [5.74, 6) is -0.160. The Morgan fingerprint density at radius 2 is 1.85 bits per heavy atom. The molecule has 0 spiro atoms. The Balaban J connectivity index is 1.58. The zero-order valence-corrected chi connectivity index (χ0v) is 20.4. The van der Waals surface area contributed by atoms with Crippen LogP contribution < -0.4 is 14.4 Å². The molecular weight excluding hydrogens is 532 g/mol. The lowest BCUT2D eigenvalue weighted by atomic mass is 10.1. The number of carbonyl (C=O) groups is 1. The molecule has 3 aromatic rings. The average molecular weight is 548 g/mol. The number of thiocarbonyl (C=S) groups is 1. The molecule has 3 aromatic carbocycles. The van der Waals surface area contributed by atoms with Crippen molar-refractivity contribution in [2.45, 2.75) is 6.61 Å². The second-order valence-electron chi connectivity index (χ2n) is 6.95. The predicted octanol–water partition coefficient (Wildman–Crippen LogP) is 6.72. The fourth-order valence-electron chi connectivity index (χ4n) is 3.16. The number of hydrogen-bond donors (Lipinski definition) is 0. The summed E-state index contributed by atoms with van der Waals surface area (Å²) < 4.78 is 39.0. The molecule has 1 saturated heterocycles. The van der Waals surface area contributed by atoms with Gasteiger partial charge in [0.1, 0.15) is 18.2 Å². The third-order valence-corrected chi connectivity index (χ3v) is 6.60. The Hall–Kier alpha value is -2.75. The summed E-state index contributed by atoms with van der Waals surface area (Å²) in [4.78, 5) is 14.7. The van der Waals surface area contributed by atoms with E-state index in [1.54, 1.807) is 36.4 Å². The van der Waals surface area contributed by atoms with Crippen molar-refractivity contribution in [2.24, 2.45) is 0 Å². The fraction of sp³-hybridized carbons (Fsp3) is 0.0833. The maximum atomic E-state index is 13.6. The topological polar surface area (TPSA) is 38.8 Å². The van der Waals surface area contributed by atoms with Crippen molar-refractivity contribution in [3.05, 3.63) is 92.8 Å². The summed E-state index contributed by atoms with van der Waals surface area (Å²) in [7, 11) is 1.51. The monoisotopic (exact) mass is 547 g/mol. The van der Waals surface area contributed by atoms with Crippen LogP contribution in [-0.4, -0.2) is 17.3 Å². The van der Waals surface area contributed by atoms with E-state index in [9.17, 15) is 13.6 Å². The minimum Gasteiger partial charge on any atom is -0.493 e. The van der Waals surface area contributed by atoms with Crippen molar-refractivity contribution in [1.82, 2.24) is 0 Å². The Morgan fingerprint density at radius 1 is 1.09 bits per heavy atom. The minimum absolute atomic E-state index is 0.223. The van der Waals surface area contributed by atoms with Crippen LogP contribution in [0.2, 0.25) is 0 Å². The number of ether oxygens (including phenoxy) is 2. The molecule has 4 rings (SSSR count). The number of carbonyl (C=O) groups excluding carboxylic acids is 1. The standard InChI is InChI=1S/C24H16BrF2NO3S2/c1-30-20-10-15(9-19(25)22(20)31-13-14-5-7-16(26)8-6-14)11-21-23(29)28(24(32)33-21)18-4-2-3-17(27)12-18/h2-12H,13H2,1H3/b21-11-. The van der Waals surface area contributed by atoms with Gasteiger partial charge in [-0.15, -0.1) is 0 Å². The van der Waals surface area contributed by atoms with Crippen molar-refractivity contribution < 1.29 is 23.0 Å². The van der Waals surface area contributed by atoms with Gasteiger partial charge in [-0.05, 0) is 75.6 Å². The third kappa shape index (κ3) is 5.26. The van der Waals surface area contributed by atoms with Crippen molar-refractivity contribution in [3.8, 4) is 11.5 Å². The fourth-order valence-corrected chi connectivity index (χ4v) is 5.03. The van der Waals surface area contributed by atoms with Gasteiger partial charge in [0.25, 0.3) is 5.91 Å². The highest BCUT2D eigenvalue weighted by Crippen LogP contribution is 2.40. The van der Waals surface area contributed by atoms with E-state index in [0.717, 1.165) is 17.3 Å². The van der Waals surface area contributed by atoms with E-state index in [-0.39, 0.29) is 18.3 Å². The molecule has 1 heterocycles. The summed E-state index contributed by atoms with van der Waals surface area (Å²) in [6.07, 6.45) is 1.69. The summed E-state index contributed by atoms with van der Waals surface area (Å²) in [5, 5.41) is 0. The van der Waals surface area contributed by atoms with Gasteiger partial charge in [0.2, 0.25) is 0 Å². The molecule has 0 radical (unpaired) electrons. The molecular formula is C24H16BrF2NO3S2. The van der Waals surface area contributed by atoms with Crippen LogP contribution in [0.25, 0.3) is 6.08 Å². The SMILES string of the molecule is COc1cc(/C=C2\SC(=S)N(c3cccc(F)c3)C2=O)cc(Br)c1OCc1ccc(F)cc1. The predicted molar refractivity (Wildman–Crippen MR) is 133 cm³/mol. The highest BCUT2D eigenvalue weighted by Gasteiger charge is 2.33. The number of anilines is 1. The molecule has 33 heavy (non-hydrogen) atoms. The number of amides is 1. The van der Waals surface area contributed by atoms with E-state index in [1.165, 1.54) is 42.3 Å². The molecule has 9 heteroatoms. The zero-order chi connectivity index (χ0) is 23.5. The second kappa shape index (κ2) is 10.0. The van der Waals surface area contributed by atoms with Gasteiger partial charge in [0, 0.05) is 0 Å². The van der Waals surface area contributed by atoms with Crippen LogP contribution in [0.15, 0.2) is 70.0 Å². The van der Waals surface area contributed by atoms with Gasteiger partial charge in [-0.2, -0.15) is 0 Å². The molecule has 0 aromatic heterocycles. The lowest BCUT2D eigenvalue weighted by Gasteiger charge is -2.14. The van der Waals surface area contributed by atoms with Gasteiger partial charge in [-0.1, -0.05) is 42.2 Å². The number of nitrogens with zero attached hydrogens (tertiary/aromatic N) is 1. The zero-order valence-electron chi connectivity index (χ0n) is 17.2. The molecule has 4 nitrogen and oxygen atoms in total. The Bertz CT molecular complexity index is 1270. The van der Waals surface area contributed by atoms with E-state index >= 15 is 0 Å². The van der Waals surface area contributed by atoms with E-state index < -0.39 is 5.82 Å². The van der Waals surface area contributed by atoms with Crippen LogP contribution in [0, 0.1) is 11.6 Å². The first kappa shape index (κ1) is 23.4. The normalized spacial score (nSPS) is 14.8. The van der Waals surface area contributed by atoms with Crippen LogP contribution >= 0.6 is 39.9 Å². The molecule has 168 valence electrons. The largest absolute Gasteiger partial charge is 0.493 e. The highest BCUT2D eigenvalue weighted by atomic mass is 79.9. The van der Waals surface area contributed by atoms with Crippen molar-refractivity contribution in [2.75, 3.05) is 12.0 Å². The number of methoxy groups -OCH3 is 1. The van der Waals surface area contributed by atoms with E-state index in [0.29, 0.717) is 36.4 Å². The summed E-state index contributed by atoms with van der Waals surface area (Å²) in [6.45, 7) is 0.223. The number of thioether (sulfide) groups is 1. The summed E-state index contributed by atoms with van der Waals surface area (Å²) >= 11 is 9.98. The van der Waals surface area contributed by atoms with Crippen LogP contribution in [0.3, 0.4) is 0 Å². The number of rotatable bonds is 6. The number of hydrogen-bond acceptors (Lipinski definition) is 5. The summed E-state index contributed by atoms with van der Waals surface area (Å²) in [6, 6.07) is 15.3. The maximum Gasteiger partial charge on any atom is 0.270 e. The molecule has 1 amide bonds. The molecule has 1 fully saturated rings. The van der Waals surface area contributed by atoms with Gasteiger partial charge in [-0.25, -0.2) is 8.78 Å². The lowest BCUT2D eigenvalue weighted by Crippen LogP contribution is -2.27. The first-order chi connectivity index (χ1) is 15.9. The van der Waals surface area contributed by atoms with E-state index in [2.05, 4.69) is 15.9 Å². The molecule has 0 atom stereocenters. The Labute approximate surface area is 207 Å². The number of benzene rings is 3. The van der Waals surface area contributed by atoms with Crippen LogP contribution in [0.1, 0.15) is 11.1 Å². The molecule has 0 bridgehead atoms. The first-order valence-electron chi connectivity index (χ1n) is 9.64. The Kier molecular flexibility index (Phi) is 7.11. The molecule has 1 aliphatic heterocycles. The van der Waals surface area contributed by atoms with Crippen molar-refractivity contribution in [1.29, 1.82) is 0 Å². The first-order valence-corrected chi connectivity index (χ1v) is 11.7. The van der Waals surface area contributed by atoms with Gasteiger partial charge in [0.05, 0.1) is 22.2 Å². The molecule has 0 saturated carbocycles. The molecule has 1 aliphatic rings. The van der Waals surface area contributed by atoms with Gasteiger partial charge >= 0.3 is 0 Å². The van der Waals surface area contributed by atoms with Gasteiger partial charge in [0.15, 0.2) is 15.8 Å². The molecule has 0 N–H and O–H groups in total. The second-order valence-corrected chi connectivity index (χ2v) is 9.48. The maximum absolute atomic E-state index is 13.6. The highest BCUT2D eigenvalue weighted by molar-refractivity contribution is 9.10. The quantitative estimate of drug-likeness (QED) is 0.253. The Morgan fingerprint density at radius 3 is 2.55 bits per heavy atom. The third-order valence-electron chi connectivity index (χ3n) is 4.71. The van der Waals surface area contributed by atoms with E-state index in [4.69, 9.17) is 21.7 Å².